The Bertz CT molecular complexity index is 386. The van der Waals surface area contributed by atoms with E-state index in [1.54, 1.807) is 19.2 Å². The van der Waals surface area contributed by atoms with E-state index < -0.39 is 0 Å². The lowest BCUT2D eigenvalue weighted by molar-refractivity contribution is 0.415. The number of ether oxygens (including phenoxy) is 1. The first-order valence-corrected chi connectivity index (χ1v) is 4.82. The van der Waals surface area contributed by atoms with Gasteiger partial charge in [0.25, 0.3) is 0 Å². The molecule has 0 aliphatic carbocycles. The van der Waals surface area contributed by atoms with Crippen molar-refractivity contribution in [2.75, 3.05) is 12.4 Å². The van der Waals surface area contributed by atoms with Crippen molar-refractivity contribution in [3.05, 3.63) is 23.8 Å². The van der Waals surface area contributed by atoms with Gasteiger partial charge in [0.15, 0.2) is 0 Å². The molecule has 0 radical (unpaired) electrons. The van der Waals surface area contributed by atoms with Gasteiger partial charge in [0, 0.05) is 11.6 Å². The lowest BCUT2D eigenvalue weighted by Crippen LogP contribution is -2.26. The fourth-order valence-corrected chi connectivity index (χ4v) is 1.26. The molecule has 0 spiro atoms. The van der Waals surface area contributed by atoms with Crippen molar-refractivity contribution in [3.8, 4) is 11.8 Å². The summed E-state index contributed by atoms with van der Waals surface area (Å²) in [5.41, 5.74) is 1.37. The number of methoxy groups -OCH3 is 1. The third-order valence-electron chi connectivity index (χ3n) is 1.86. The van der Waals surface area contributed by atoms with Gasteiger partial charge in [-0.2, -0.15) is 5.26 Å². The lowest BCUT2D eigenvalue weighted by atomic mass is 10.1. The minimum atomic E-state index is -0.0715. The maximum atomic E-state index is 8.95. The van der Waals surface area contributed by atoms with Crippen molar-refractivity contribution in [1.82, 2.24) is 0 Å². The summed E-state index contributed by atoms with van der Waals surface area (Å²) in [4.78, 5) is 0. The average Bonchev–Trinajstić information content (AvgIpc) is 2.15. The van der Waals surface area contributed by atoms with Crippen LogP contribution in [0.3, 0.4) is 0 Å². The van der Waals surface area contributed by atoms with E-state index in [-0.39, 0.29) is 5.54 Å². The second-order valence-corrected chi connectivity index (χ2v) is 4.40. The smallest absolute Gasteiger partial charge is 0.121 e. The van der Waals surface area contributed by atoms with Crippen LogP contribution in [0.25, 0.3) is 0 Å². The lowest BCUT2D eigenvalue weighted by Gasteiger charge is -2.23. The number of hydrogen-bond acceptors (Lipinski definition) is 3. The highest BCUT2D eigenvalue weighted by molar-refractivity contribution is 5.61. The first-order valence-electron chi connectivity index (χ1n) is 4.82. The molecule has 0 fully saturated rings. The molecule has 80 valence electrons. The van der Waals surface area contributed by atoms with Gasteiger partial charge in [-0.3, -0.25) is 0 Å². The number of nitriles is 1. The number of benzene rings is 1. The maximum Gasteiger partial charge on any atom is 0.121 e. The SMILES string of the molecule is COc1ccc(C#N)c(NC(C)(C)C)c1. The summed E-state index contributed by atoms with van der Waals surface area (Å²) in [5, 5.41) is 12.2. The minimum Gasteiger partial charge on any atom is -0.497 e. The predicted molar refractivity (Wildman–Crippen MR) is 61.1 cm³/mol. The van der Waals surface area contributed by atoms with E-state index in [1.807, 2.05) is 26.8 Å². The number of nitrogens with zero attached hydrogens (tertiary/aromatic N) is 1. The minimum absolute atomic E-state index is 0.0715. The fourth-order valence-electron chi connectivity index (χ4n) is 1.26. The van der Waals surface area contributed by atoms with E-state index in [9.17, 15) is 0 Å². The third-order valence-corrected chi connectivity index (χ3v) is 1.86. The summed E-state index contributed by atoms with van der Waals surface area (Å²) in [6.07, 6.45) is 0. The molecule has 1 N–H and O–H groups in total. The summed E-state index contributed by atoms with van der Waals surface area (Å²) in [5.74, 6) is 0.751. The molecule has 0 unspecified atom stereocenters. The standard InChI is InChI=1S/C12H16N2O/c1-12(2,3)14-11-7-10(15-4)6-5-9(11)8-13/h5-7,14H,1-4H3. The zero-order valence-corrected chi connectivity index (χ0v) is 9.59. The normalized spacial score (nSPS) is 10.6. The molecule has 3 heteroatoms. The van der Waals surface area contributed by atoms with Crippen LogP contribution in [-0.4, -0.2) is 12.6 Å². The highest BCUT2D eigenvalue weighted by atomic mass is 16.5. The molecule has 3 nitrogen and oxygen atoms in total. The summed E-state index contributed by atoms with van der Waals surface area (Å²) in [7, 11) is 1.61. The number of nitrogens with one attached hydrogen (secondary N) is 1. The number of anilines is 1. The zero-order valence-electron chi connectivity index (χ0n) is 9.59. The molecule has 0 heterocycles. The molecule has 0 amide bonds. The van der Waals surface area contributed by atoms with Crippen LogP contribution in [-0.2, 0) is 0 Å². The topological polar surface area (TPSA) is 45.0 Å². The Morgan fingerprint density at radius 1 is 1.33 bits per heavy atom. The van der Waals surface area contributed by atoms with Gasteiger partial charge in [0.05, 0.1) is 18.4 Å². The molecule has 0 saturated heterocycles. The molecule has 0 aromatic heterocycles. The van der Waals surface area contributed by atoms with Gasteiger partial charge in [-0.25, -0.2) is 0 Å². The van der Waals surface area contributed by atoms with Crippen LogP contribution in [0, 0.1) is 11.3 Å². The van der Waals surface area contributed by atoms with Gasteiger partial charge in [0.2, 0.25) is 0 Å². The number of hydrogen-bond donors (Lipinski definition) is 1. The maximum absolute atomic E-state index is 8.95. The molecule has 1 rings (SSSR count). The first kappa shape index (κ1) is 11.4. The van der Waals surface area contributed by atoms with Crippen LogP contribution < -0.4 is 10.1 Å². The van der Waals surface area contributed by atoms with Gasteiger partial charge in [0.1, 0.15) is 11.8 Å². The summed E-state index contributed by atoms with van der Waals surface area (Å²) >= 11 is 0. The van der Waals surface area contributed by atoms with Crippen LogP contribution in [0.1, 0.15) is 26.3 Å². The Kier molecular flexibility index (Phi) is 3.21. The summed E-state index contributed by atoms with van der Waals surface area (Å²) in [6.45, 7) is 6.15. The second-order valence-electron chi connectivity index (χ2n) is 4.40. The Labute approximate surface area is 90.7 Å². The van der Waals surface area contributed by atoms with Crippen LogP contribution in [0.5, 0.6) is 5.75 Å². The van der Waals surface area contributed by atoms with Gasteiger partial charge in [-0.05, 0) is 32.9 Å². The molecule has 0 atom stereocenters. The highest BCUT2D eigenvalue weighted by Crippen LogP contribution is 2.24. The van der Waals surface area contributed by atoms with Crippen molar-refractivity contribution >= 4 is 5.69 Å². The van der Waals surface area contributed by atoms with Gasteiger partial charge in [-0.1, -0.05) is 0 Å². The Hall–Kier alpha value is -1.69. The van der Waals surface area contributed by atoms with Crippen molar-refractivity contribution < 1.29 is 4.74 Å². The van der Waals surface area contributed by atoms with Gasteiger partial charge < -0.3 is 10.1 Å². The Morgan fingerprint density at radius 2 is 2.00 bits per heavy atom. The summed E-state index contributed by atoms with van der Waals surface area (Å²) < 4.78 is 5.12. The van der Waals surface area contributed by atoms with Crippen LogP contribution in [0.15, 0.2) is 18.2 Å². The van der Waals surface area contributed by atoms with Crippen LogP contribution in [0.4, 0.5) is 5.69 Å². The largest absolute Gasteiger partial charge is 0.497 e. The highest BCUT2D eigenvalue weighted by Gasteiger charge is 2.12. The molecular weight excluding hydrogens is 188 g/mol. The third kappa shape index (κ3) is 3.17. The van der Waals surface area contributed by atoms with Crippen molar-refractivity contribution in [3.63, 3.8) is 0 Å². The molecule has 1 aromatic rings. The predicted octanol–water partition coefficient (Wildman–Crippen LogP) is 2.78. The van der Waals surface area contributed by atoms with Gasteiger partial charge >= 0.3 is 0 Å². The molecule has 0 bridgehead atoms. The Balaban J connectivity index is 3.08. The summed E-state index contributed by atoms with van der Waals surface area (Å²) in [6, 6.07) is 7.53. The van der Waals surface area contributed by atoms with Crippen LogP contribution >= 0.6 is 0 Å². The van der Waals surface area contributed by atoms with E-state index in [0.717, 1.165) is 11.4 Å². The van der Waals surface area contributed by atoms with E-state index in [2.05, 4.69) is 11.4 Å². The van der Waals surface area contributed by atoms with Crippen molar-refractivity contribution in [2.45, 2.75) is 26.3 Å². The van der Waals surface area contributed by atoms with E-state index in [4.69, 9.17) is 10.00 Å². The van der Waals surface area contributed by atoms with E-state index in [1.165, 1.54) is 0 Å². The van der Waals surface area contributed by atoms with Crippen molar-refractivity contribution in [2.24, 2.45) is 0 Å². The molecule has 15 heavy (non-hydrogen) atoms. The Morgan fingerprint density at radius 3 is 2.47 bits per heavy atom. The second kappa shape index (κ2) is 4.22. The van der Waals surface area contributed by atoms with E-state index in [0.29, 0.717) is 5.56 Å². The monoisotopic (exact) mass is 204 g/mol. The zero-order chi connectivity index (χ0) is 11.5. The quantitative estimate of drug-likeness (QED) is 0.805. The first-order chi connectivity index (χ1) is 6.96. The molecular formula is C12H16N2O. The molecule has 0 aliphatic rings. The average molecular weight is 204 g/mol. The van der Waals surface area contributed by atoms with Crippen LogP contribution in [0.2, 0.25) is 0 Å². The van der Waals surface area contributed by atoms with E-state index >= 15 is 0 Å². The number of rotatable bonds is 2. The fraction of sp³-hybridized carbons (Fsp3) is 0.417. The molecule has 0 aliphatic heterocycles. The van der Waals surface area contributed by atoms with Gasteiger partial charge in [-0.15, -0.1) is 0 Å². The molecule has 1 aromatic carbocycles. The molecule has 0 saturated carbocycles. The van der Waals surface area contributed by atoms with Crippen molar-refractivity contribution in [1.29, 1.82) is 5.26 Å².